The van der Waals surface area contributed by atoms with E-state index in [9.17, 15) is 0 Å². The maximum atomic E-state index is 6.14. The van der Waals surface area contributed by atoms with E-state index in [-0.39, 0.29) is 0 Å². The minimum atomic E-state index is 0.402. The second-order valence-corrected chi connectivity index (χ2v) is 7.76. The fourth-order valence-corrected chi connectivity index (χ4v) is 4.68. The fraction of sp³-hybridized carbons (Fsp3) is 0.333. The molecule has 1 N–H and O–H groups in total. The first-order valence-electron chi connectivity index (χ1n) is 6.37. The number of rotatable bonds is 4. The molecule has 100 valence electrons. The zero-order chi connectivity index (χ0) is 13.4. The van der Waals surface area contributed by atoms with Crippen molar-refractivity contribution in [3.05, 3.63) is 55.6 Å². The smallest absolute Gasteiger partial charge is 0.0887 e. The SMILES string of the molecule is CNC(c1cc(Cl)c(Br)s1)C1CC1c1ccccc1. The third kappa shape index (κ3) is 2.75. The molecular weight excluding hydrogens is 342 g/mol. The van der Waals surface area contributed by atoms with Gasteiger partial charge in [0.05, 0.1) is 8.81 Å². The Bertz CT molecular complexity index is 549. The van der Waals surface area contributed by atoms with Crippen molar-refractivity contribution >= 4 is 38.9 Å². The lowest BCUT2D eigenvalue weighted by molar-refractivity contribution is 0.526. The van der Waals surface area contributed by atoms with Crippen LogP contribution in [0.1, 0.15) is 28.8 Å². The minimum Gasteiger partial charge on any atom is -0.312 e. The molecule has 1 aliphatic rings. The second-order valence-electron chi connectivity index (χ2n) is 4.95. The standard InChI is InChI=1S/C15H15BrClNS/c1-18-14(13-8-12(17)15(16)19-13)11-7-10(11)9-5-3-2-4-6-9/h2-6,8,10-11,14,18H,7H2,1H3. The molecule has 4 heteroatoms. The highest BCUT2D eigenvalue weighted by Crippen LogP contribution is 2.55. The lowest BCUT2D eigenvalue weighted by atomic mass is 10.0. The second kappa shape index (κ2) is 5.57. The van der Waals surface area contributed by atoms with Crippen molar-refractivity contribution in [1.29, 1.82) is 0 Å². The van der Waals surface area contributed by atoms with Crippen molar-refractivity contribution in [3.8, 4) is 0 Å². The molecule has 1 fully saturated rings. The monoisotopic (exact) mass is 355 g/mol. The molecule has 3 rings (SSSR count). The Hall–Kier alpha value is -0.350. The minimum absolute atomic E-state index is 0.402. The Morgan fingerprint density at radius 3 is 2.68 bits per heavy atom. The van der Waals surface area contributed by atoms with Gasteiger partial charge in [-0.3, -0.25) is 0 Å². The molecule has 1 aromatic carbocycles. The van der Waals surface area contributed by atoms with Crippen LogP contribution in [0.4, 0.5) is 0 Å². The van der Waals surface area contributed by atoms with E-state index < -0.39 is 0 Å². The van der Waals surface area contributed by atoms with Crippen molar-refractivity contribution in [1.82, 2.24) is 5.32 Å². The molecule has 19 heavy (non-hydrogen) atoms. The van der Waals surface area contributed by atoms with Crippen LogP contribution < -0.4 is 5.32 Å². The van der Waals surface area contributed by atoms with Gasteiger partial charge in [0.1, 0.15) is 0 Å². The molecule has 0 bridgehead atoms. The maximum Gasteiger partial charge on any atom is 0.0887 e. The van der Waals surface area contributed by atoms with Gasteiger partial charge in [-0.2, -0.15) is 0 Å². The summed E-state index contributed by atoms with van der Waals surface area (Å²) in [7, 11) is 2.03. The lowest BCUT2D eigenvalue weighted by Gasteiger charge is -2.14. The molecule has 1 nitrogen and oxygen atoms in total. The number of thiophene rings is 1. The summed E-state index contributed by atoms with van der Waals surface area (Å²) in [5, 5.41) is 4.27. The molecule has 1 heterocycles. The first kappa shape index (κ1) is 13.6. The van der Waals surface area contributed by atoms with Gasteiger partial charge in [0.15, 0.2) is 0 Å². The quantitative estimate of drug-likeness (QED) is 0.791. The fourth-order valence-electron chi connectivity index (χ4n) is 2.75. The molecule has 0 radical (unpaired) electrons. The van der Waals surface area contributed by atoms with Crippen LogP contribution in [0.3, 0.4) is 0 Å². The van der Waals surface area contributed by atoms with Crippen LogP contribution in [0.2, 0.25) is 5.02 Å². The predicted molar refractivity (Wildman–Crippen MR) is 86.1 cm³/mol. The third-order valence-corrected chi connectivity index (χ3v) is 6.34. The highest BCUT2D eigenvalue weighted by molar-refractivity contribution is 9.11. The zero-order valence-electron chi connectivity index (χ0n) is 10.6. The van der Waals surface area contributed by atoms with Crippen LogP contribution in [0, 0.1) is 5.92 Å². The van der Waals surface area contributed by atoms with Crippen molar-refractivity contribution in [2.24, 2.45) is 5.92 Å². The molecule has 1 saturated carbocycles. The number of halogens is 2. The average Bonchev–Trinajstić information content (AvgIpc) is 3.13. The maximum absolute atomic E-state index is 6.14. The van der Waals surface area contributed by atoms with Crippen LogP contribution in [0.25, 0.3) is 0 Å². The Morgan fingerprint density at radius 1 is 1.37 bits per heavy atom. The van der Waals surface area contributed by atoms with Gasteiger partial charge in [0.2, 0.25) is 0 Å². The van der Waals surface area contributed by atoms with E-state index in [0.717, 1.165) is 8.81 Å². The highest BCUT2D eigenvalue weighted by atomic mass is 79.9. The molecule has 0 saturated heterocycles. The highest BCUT2D eigenvalue weighted by Gasteiger charge is 2.44. The zero-order valence-corrected chi connectivity index (χ0v) is 13.7. The summed E-state index contributed by atoms with van der Waals surface area (Å²) in [6, 6.07) is 13.3. The van der Waals surface area contributed by atoms with Crippen LogP contribution in [-0.2, 0) is 0 Å². The van der Waals surface area contributed by atoms with Gasteiger partial charge in [-0.25, -0.2) is 0 Å². The van der Waals surface area contributed by atoms with Crippen LogP contribution >= 0.6 is 38.9 Å². The van der Waals surface area contributed by atoms with E-state index in [1.54, 1.807) is 11.3 Å². The molecule has 3 unspecified atom stereocenters. The lowest BCUT2D eigenvalue weighted by Crippen LogP contribution is -2.17. The predicted octanol–water partition coefficient (Wildman–Crippen LogP) is 5.23. The Kier molecular flexibility index (Phi) is 3.99. The van der Waals surface area contributed by atoms with Gasteiger partial charge >= 0.3 is 0 Å². The van der Waals surface area contributed by atoms with Gasteiger partial charge < -0.3 is 5.32 Å². The van der Waals surface area contributed by atoms with E-state index in [2.05, 4.69) is 57.6 Å². The van der Waals surface area contributed by atoms with Crippen LogP contribution in [0.5, 0.6) is 0 Å². The Balaban J connectivity index is 1.78. The summed E-state index contributed by atoms with van der Waals surface area (Å²) in [5.74, 6) is 1.35. The van der Waals surface area contributed by atoms with Crippen molar-refractivity contribution in [2.75, 3.05) is 7.05 Å². The third-order valence-electron chi connectivity index (χ3n) is 3.78. The molecule has 0 amide bonds. The molecule has 2 aromatic rings. The summed E-state index contributed by atoms with van der Waals surface area (Å²) in [6.45, 7) is 0. The molecule has 1 aliphatic carbocycles. The van der Waals surface area contributed by atoms with E-state index >= 15 is 0 Å². The van der Waals surface area contributed by atoms with Gasteiger partial charge in [0, 0.05) is 10.9 Å². The van der Waals surface area contributed by atoms with Crippen molar-refractivity contribution in [3.63, 3.8) is 0 Å². The summed E-state index contributed by atoms with van der Waals surface area (Å²) >= 11 is 11.4. The van der Waals surface area contributed by atoms with Gasteiger partial charge in [0.25, 0.3) is 0 Å². The topological polar surface area (TPSA) is 12.0 Å². The van der Waals surface area contributed by atoms with Gasteiger partial charge in [-0.1, -0.05) is 41.9 Å². The van der Waals surface area contributed by atoms with Gasteiger partial charge in [-0.05, 0) is 52.9 Å². The summed E-state index contributed by atoms with van der Waals surface area (Å²) < 4.78 is 1.03. The van der Waals surface area contributed by atoms with E-state index in [4.69, 9.17) is 11.6 Å². The Labute approximate surface area is 131 Å². The van der Waals surface area contributed by atoms with Crippen molar-refractivity contribution in [2.45, 2.75) is 18.4 Å². The van der Waals surface area contributed by atoms with E-state index in [1.807, 2.05) is 7.05 Å². The average molecular weight is 357 g/mol. The number of benzene rings is 1. The molecule has 3 atom stereocenters. The molecule has 1 aromatic heterocycles. The number of nitrogens with one attached hydrogen (secondary N) is 1. The molecule has 0 spiro atoms. The Morgan fingerprint density at radius 2 is 2.11 bits per heavy atom. The first-order chi connectivity index (χ1) is 9.20. The van der Waals surface area contributed by atoms with E-state index in [0.29, 0.717) is 17.9 Å². The first-order valence-corrected chi connectivity index (χ1v) is 8.36. The van der Waals surface area contributed by atoms with Gasteiger partial charge in [-0.15, -0.1) is 11.3 Å². The largest absolute Gasteiger partial charge is 0.312 e. The number of hydrogen-bond donors (Lipinski definition) is 1. The van der Waals surface area contributed by atoms with Crippen molar-refractivity contribution < 1.29 is 0 Å². The summed E-state index contributed by atoms with van der Waals surface area (Å²) in [4.78, 5) is 1.32. The molecular formula is C15H15BrClNS. The number of hydrogen-bond acceptors (Lipinski definition) is 2. The molecule has 0 aliphatic heterocycles. The summed E-state index contributed by atoms with van der Waals surface area (Å²) in [5.41, 5.74) is 1.45. The van der Waals surface area contributed by atoms with Crippen LogP contribution in [-0.4, -0.2) is 7.05 Å². The van der Waals surface area contributed by atoms with E-state index in [1.165, 1.54) is 16.9 Å². The normalized spacial score (nSPS) is 23.3. The van der Waals surface area contributed by atoms with Crippen LogP contribution in [0.15, 0.2) is 40.2 Å². The summed E-state index contributed by atoms with van der Waals surface area (Å²) in [6.07, 6.45) is 1.25.